The highest BCUT2D eigenvalue weighted by molar-refractivity contribution is 7.67. The average molecular weight is 401 g/mol. The molecule has 0 atom stereocenters. The summed E-state index contributed by atoms with van der Waals surface area (Å²) in [4.78, 5) is 0. The van der Waals surface area contributed by atoms with Gasteiger partial charge in [-0.25, -0.2) is 0 Å². The van der Waals surface area contributed by atoms with Crippen LogP contribution in [0.5, 0.6) is 0 Å². The molecule has 2 aliphatic carbocycles. The minimum Gasteiger partial charge on any atom is -0.0686 e. The van der Waals surface area contributed by atoms with E-state index in [1.807, 2.05) is 10.9 Å². The number of hydrogen-bond donors (Lipinski definition) is 0. The highest BCUT2D eigenvalue weighted by Gasteiger charge is 2.34. The van der Waals surface area contributed by atoms with Crippen LogP contribution in [0.2, 0.25) is 0 Å². The average Bonchev–Trinajstić information content (AvgIpc) is 2.74. The fourth-order valence-corrected chi connectivity index (χ4v) is 10.0. The van der Waals surface area contributed by atoms with E-state index in [4.69, 9.17) is 0 Å². The molecule has 0 aliphatic heterocycles. The molecule has 0 amide bonds. The van der Waals surface area contributed by atoms with Crippen molar-refractivity contribution >= 4 is 13.2 Å². The van der Waals surface area contributed by atoms with Crippen LogP contribution in [0, 0.1) is 0 Å². The Morgan fingerprint density at radius 2 is 1.14 bits per heavy atom. The van der Waals surface area contributed by atoms with E-state index >= 15 is 0 Å². The molecule has 0 bridgehead atoms. The van der Waals surface area contributed by atoms with Gasteiger partial charge in [0.2, 0.25) is 0 Å². The first kappa shape index (κ1) is 22.3. The third-order valence-corrected chi connectivity index (χ3v) is 10.8. The summed E-state index contributed by atoms with van der Waals surface area (Å²) >= 11 is 0. The topological polar surface area (TPSA) is 0 Å². The summed E-state index contributed by atoms with van der Waals surface area (Å²) in [7, 11) is 0.0270. The van der Waals surface area contributed by atoms with Gasteiger partial charge in [-0.05, 0) is 78.3 Å². The minimum absolute atomic E-state index is 0.0270. The lowest BCUT2D eigenvalue weighted by atomic mass is 9.92. The van der Waals surface area contributed by atoms with E-state index in [2.05, 4.69) is 32.9 Å². The van der Waals surface area contributed by atoms with E-state index in [0.29, 0.717) is 0 Å². The Morgan fingerprint density at radius 1 is 0.643 bits per heavy atom. The van der Waals surface area contributed by atoms with Crippen LogP contribution in [-0.2, 0) is 19.3 Å². The quantitative estimate of drug-likeness (QED) is 0.366. The Hall–Kier alpha value is -0.350. The predicted octanol–water partition coefficient (Wildman–Crippen LogP) is 8.32. The maximum absolute atomic E-state index is 2.66. The van der Waals surface area contributed by atoms with Crippen molar-refractivity contribution in [3.8, 4) is 0 Å². The Morgan fingerprint density at radius 3 is 1.64 bits per heavy atom. The lowest BCUT2D eigenvalue weighted by Gasteiger charge is -2.40. The largest absolute Gasteiger partial charge is 0.0686 e. The molecule has 2 aliphatic rings. The zero-order chi connectivity index (χ0) is 19.8. The van der Waals surface area contributed by atoms with Crippen LogP contribution in [0.3, 0.4) is 0 Å². The van der Waals surface area contributed by atoms with E-state index in [0.717, 1.165) is 11.3 Å². The van der Waals surface area contributed by atoms with Crippen molar-refractivity contribution in [3.05, 3.63) is 28.8 Å². The van der Waals surface area contributed by atoms with E-state index < -0.39 is 0 Å². The molecule has 0 unspecified atom stereocenters. The number of hydrogen-bond acceptors (Lipinski definition) is 0. The van der Waals surface area contributed by atoms with Gasteiger partial charge in [0.15, 0.2) is 0 Å². The molecule has 0 radical (unpaired) electrons. The first-order valence-corrected chi connectivity index (χ1v) is 14.2. The second kappa shape index (κ2) is 11.7. The summed E-state index contributed by atoms with van der Waals surface area (Å²) in [5, 5.41) is 1.87. The Bertz CT molecular complexity index is 560. The molecule has 3 rings (SSSR count). The zero-order valence-corrected chi connectivity index (χ0v) is 20.0. The van der Waals surface area contributed by atoms with Gasteiger partial charge in [0.1, 0.15) is 0 Å². The summed E-state index contributed by atoms with van der Waals surface area (Å²) in [6, 6.07) is 5.23. The van der Waals surface area contributed by atoms with Crippen LogP contribution < -0.4 is 5.30 Å². The van der Waals surface area contributed by atoms with E-state index in [-0.39, 0.29) is 7.92 Å². The molecule has 0 spiro atoms. The van der Waals surface area contributed by atoms with Crippen molar-refractivity contribution in [1.29, 1.82) is 0 Å². The molecule has 1 heteroatoms. The number of benzene rings is 1. The van der Waals surface area contributed by atoms with Gasteiger partial charge in [0.25, 0.3) is 0 Å². The van der Waals surface area contributed by atoms with E-state index in [9.17, 15) is 0 Å². The fraction of sp³-hybridized carbons (Fsp3) is 0.778. The number of aryl methyl sites for hydroxylation is 1. The van der Waals surface area contributed by atoms with Gasteiger partial charge in [-0.3, -0.25) is 0 Å². The standard InChI is InChI=1S/C27H45P/c1-4-13-22-20-21-27(26(15-6-3)25(22)14-5-2)28(23-16-9-7-10-17-23)24-18-11-8-12-19-24/h20-21,23-24H,4-19H2,1-3H3. The third-order valence-electron chi connectivity index (χ3n) is 7.24. The molecule has 1 aromatic rings. The second-order valence-corrected chi connectivity index (χ2v) is 12.2. The SMILES string of the molecule is CCCc1ccc(P(C2CCCCC2)C2CCCCC2)c(CCC)c1CCC. The predicted molar refractivity (Wildman–Crippen MR) is 129 cm³/mol. The second-order valence-electron chi connectivity index (χ2n) is 9.44. The van der Waals surface area contributed by atoms with Crippen LogP contribution in [0.4, 0.5) is 0 Å². The molecule has 0 nitrogen and oxygen atoms in total. The van der Waals surface area contributed by atoms with Crippen molar-refractivity contribution in [1.82, 2.24) is 0 Å². The molecule has 2 fully saturated rings. The van der Waals surface area contributed by atoms with Gasteiger partial charge in [0, 0.05) is 0 Å². The molecule has 2 saturated carbocycles. The lowest BCUT2D eigenvalue weighted by molar-refractivity contribution is 0.487. The van der Waals surface area contributed by atoms with Crippen LogP contribution >= 0.6 is 7.92 Å². The lowest BCUT2D eigenvalue weighted by Crippen LogP contribution is -2.29. The molecule has 0 saturated heterocycles. The first-order chi connectivity index (χ1) is 13.8. The van der Waals surface area contributed by atoms with Gasteiger partial charge in [-0.1, -0.05) is 98.6 Å². The Labute approximate surface area is 177 Å². The van der Waals surface area contributed by atoms with E-state index in [1.165, 1.54) is 103 Å². The smallest absolute Gasteiger partial charge is 0.0166 e. The summed E-state index contributed by atoms with van der Waals surface area (Å²) < 4.78 is 0. The minimum atomic E-state index is 0.0270. The summed E-state index contributed by atoms with van der Waals surface area (Å²) in [5.41, 5.74) is 7.34. The van der Waals surface area contributed by atoms with Crippen molar-refractivity contribution in [2.45, 2.75) is 135 Å². The van der Waals surface area contributed by atoms with Crippen molar-refractivity contribution < 1.29 is 0 Å². The zero-order valence-electron chi connectivity index (χ0n) is 19.1. The first-order valence-electron chi connectivity index (χ1n) is 12.7. The summed E-state index contributed by atoms with van der Waals surface area (Å²) in [6.45, 7) is 7.12. The van der Waals surface area contributed by atoms with Gasteiger partial charge in [0.05, 0.1) is 0 Å². The number of rotatable bonds is 9. The molecule has 0 heterocycles. The summed E-state index contributed by atoms with van der Waals surface area (Å²) in [5.74, 6) is 0. The van der Waals surface area contributed by atoms with Gasteiger partial charge in [-0.15, -0.1) is 0 Å². The van der Waals surface area contributed by atoms with Gasteiger partial charge >= 0.3 is 0 Å². The molecule has 0 N–H and O–H groups in total. The fourth-order valence-electron chi connectivity index (χ4n) is 5.97. The van der Waals surface area contributed by atoms with Crippen LogP contribution in [0.25, 0.3) is 0 Å². The highest BCUT2D eigenvalue weighted by atomic mass is 31.1. The molecule has 1 aromatic carbocycles. The van der Waals surface area contributed by atoms with Gasteiger partial charge in [-0.2, -0.15) is 0 Å². The highest BCUT2D eigenvalue weighted by Crippen LogP contribution is 2.55. The monoisotopic (exact) mass is 400 g/mol. The van der Waals surface area contributed by atoms with Crippen molar-refractivity contribution in [2.24, 2.45) is 0 Å². The maximum atomic E-state index is 2.66. The molecular weight excluding hydrogens is 355 g/mol. The maximum Gasteiger partial charge on any atom is -0.0166 e. The normalized spacial score (nSPS) is 19.4. The Kier molecular flexibility index (Phi) is 9.36. The van der Waals surface area contributed by atoms with Crippen LogP contribution in [0.1, 0.15) is 121 Å². The summed E-state index contributed by atoms with van der Waals surface area (Å²) in [6.07, 6.45) is 22.8. The van der Waals surface area contributed by atoms with Crippen LogP contribution in [-0.4, -0.2) is 11.3 Å². The van der Waals surface area contributed by atoms with E-state index in [1.54, 1.807) is 11.1 Å². The third kappa shape index (κ3) is 5.41. The van der Waals surface area contributed by atoms with Crippen LogP contribution in [0.15, 0.2) is 12.1 Å². The molecule has 28 heavy (non-hydrogen) atoms. The van der Waals surface area contributed by atoms with Crippen molar-refractivity contribution in [2.75, 3.05) is 0 Å². The Balaban J connectivity index is 2.04. The van der Waals surface area contributed by atoms with Gasteiger partial charge < -0.3 is 0 Å². The van der Waals surface area contributed by atoms with Crippen molar-refractivity contribution in [3.63, 3.8) is 0 Å². The molecular formula is C27H45P. The molecule has 0 aromatic heterocycles. The molecule has 158 valence electrons.